The molecule has 0 spiro atoms. The number of aromatic nitrogens is 4. The van der Waals surface area contributed by atoms with E-state index in [0.29, 0.717) is 42.6 Å². The molecule has 0 unspecified atom stereocenters. The Bertz CT molecular complexity index is 1000. The van der Waals surface area contributed by atoms with Crippen molar-refractivity contribution in [2.24, 2.45) is 0 Å². The van der Waals surface area contributed by atoms with Gasteiger partial charge in [-0.25, -0.2) is 9.97 Å². The molecule has 0 fully saturated rings. The van der Waals surface area contributed by atoms with Crippen molar-refractivity contribution in [3.63, 3.8) is 0 Å². The molecule has 7 nitrogen and oxygen atoms in total. The zero-order valence-electron chi connectivity index (χ0n) is 14.8. The van der Waals surface area contributed by atoms with E-state index in [4.69, 9.17) is 4.74 Å². The summed E-state index contributed by atoms with van der Waals surface area (Å²) in [6.45, 7) is 3.92. The van der Waals surface area contributed by atoms with Crippen molar-refractivity contribution in [2.75, 3.05) is 13.2 Å². The van der Waals surface area contributed by atoms with Gasteiger partial charge >= 0.3 is 0 Å². The number of fused-ring (bicyclic) bond motifs is 1. The Hall–Kier alpha value is -2.74. The molecule has 1 amide bonds. The summed E-state index contributed by atoms with van der Waals surface area (Å²) >= 11 is 3.50. The predicted octanol–water partition coefficient (Wildman–Crippen LogP) is 3.30. The number of halogens is 1. The first-order chi connectivity index (χ1) is 13.2. The number of rotatable bonds is 5. The fourth-order valence-corrected chi connectivity index (χ4v) is 3.27. The Balaban J connectivity index is 1.74. The highest BCUT2D eigenvalue weighted by Gasteiger charge is 2.21. The van der Waals surface area contributed by atoms with Crippen LogP contribution in [0.5, 0.6) is 5.75 Å². The number of nitrogens with zero attached hydrogens (tertiary/aromatic N) is 4. The molecular weight excluding hydrogens is 410 g/mol. The molecule has 1 aliphatic rings. The van der Waals surface area contributed by atoms with Crippen molar-refractivity contribution in [1.29, 1.82) is 0 Å². The highest BCUT2D eigenvalue weighted by Crippen LogP contribution is 2.32. The van der Waals surface area contributed by atoms with Crippen LogP contribution in [-0.4, -0.2) is 38.8 Å². The minimum Gasteiger partial charge on any atom is -0.493 e. The van der Waals surface area contributed by atoms with Gasteiger partial charge in [0.1, 0.15) is 17.1 Å². The summed E-state index contributed by atoms with van der Waals surface area (Å²) in [5.74, 6) is 1.17. The number of carbonyl (C=O) groups excluding carboxylic acids is 1. The van der Waals surface area contributed by atoms with Crippen molar-refractivity contribution in [3.05, 3.63) is 46.7 Å². The van der Waals surface area contributed by atoms with Crippen LogP contribution >= 0.6 is 15.9 Å². The second kappa shape index (κ2) is 7.48. The molecule has 1 aliphatic heterocycles. The predicted molar refractivity (Wildman–Crippen MR) is 105 cm³/mol. The maximum absolute atomic E-state index is 12.0. The lowest BCUT2D eigenvalue weighted by molar-refractivity contribution is 0.0924. The summed E-state index contributed by atoms with van der Waals surface area (Å²) in [6.07, 6.45) is 2.61. The number of ether oxygens (including phenoxy) is 1. The van der Waals surface area contributed by atoms with Gasteiger partial charge in [0.25, 0.3) is 5.91 Å². The van der Waals surface area contributed by atoms with Gasteiger partial charge < -0.3 is 10.1 Å². The molecule has 1 N–H and O–H groups in total. The molecule has 0 aliphatic carbocycles. The van der Waals surface area contributed by atoms with Gasteiger partial charge in [0.2, 0.25) is 0 Å². The zero-order valence-corrected chi connectivity index (χ0v) is 16.4. The molecule has 138 valence electrons. The summed E-state index contributed by atoms with van der Waals surface area (Å²) in [6, 6.07) is 9.33. The smallest absolute Gasteiger partial charge is 0.269 e. The van der Waals surface area contributed by atoms with E-state index in [1.807, 2.05) is 18.2 Å². The lowest BCUT2D eigenvalue weighted by Gasteiger charge is -2.13. The number of hydrogen-bond donors (Lipinski definition) is 1. The highest BCUT2D eigenvalue weighted by atomic mass is 79.9. The Morgan fingerprint density at radius 1 is 1.26 bits per heavy atom. The molecule has 2 aromatic heterocycles. The summed E-state index contributed by atoms with van der Waals surface area (Å²) in [5, 5.41) is 7.34. The molecule has 3 heterocycles. The number of nitrogens with one attached hydrogen (secondary N) is 1. The van der Waals surface area contributed by atoms with E-state index in [1.165, 1.54) is 0 Å². The van der Waals surface area contributed by atoms with Crippen molar-refractivity contribution in [1.82, 2.24) is 25.1 Å². The number of amides is 1. The lowest BCUT2D eigenvalue weighted by atomic mass is 10.1. The summed E-state index contributed by atoms with van der Waals surface area (Å²) in [4.78, 5) is 21.1. The van der Waals surface area contributed by atoms with Crippen LogP contribution in [-0.2, 0) is 6.54 Å². The lowest BCUT2D eigenvalue weighted by Crippen LogP contribution is -2.35. The summed E-state index contributed by atoms with van der Waals surface area (Å²) in [5.41, 5.74) is 2.67. The Labute approximate surface area is 164 Å². The van der Waals surface area contributed by atoms with Gasteiger partial charge in [0.15, 0.2) is 5.82 Å². The monoisotopic (exact) mass is 427 g/mol. The maximum Gasteiger partial charge on any atom is 0.269 e. The van der Waals surface area contributed by atoms with E-state index in [9.17, 15) is 4.79 Å². The van der Waals surface area contributed by atoms with Crippen LogP contribution < -0.4 is 10.1 Å². The van der Waals surface area contributed by atoms with Gasteiger partial charge in [-0.3, -0.25) is 9.48 Å². The first-order valence-electron chi connectivity index (χ1n) is 8.78. The maximum atomic E-state index is 12.0. The quantitative estimate of drug-likeness (QED) is 0.675. The van der Waals surface area contributed by atoms with E-state index in [2.05, 4.69) is 43.2 Å². The zero-order chi connectivity index (χ0) is 18.8. The average Bonchev–Trinajstić information content (AvgIpc) is 3.13. The average molecular weight is 428 g/mol. The van der Waals surface area contributed by atoms with Crippen molar-refractivity contribution >= 4 is 21.8 Å². The van der Waals surface area contributed by atoms with Crippen molar-refractivity contribution in [3.8, 4) is 28.5 Å². The van der Waals surface area contributed by atoms with E-state index in [1.54, 1.807) is 23.0 Å². The number of carbonyl (C=O) groups is 1. The number of benzene rings is 1. The second-order valence-electron chi connectivity index (χ2n) is 6.15. The van der Waals surface area contributed by atoms with E-state index in [0.717, 1.165) is 22.2 Å². The Kier molecular flexibility index (Phi) is 4.89. The van der Waals surface area contributed by atoms with E-state index in [-0.39, 0.29) is 5.91 Å². The van der Waals surface area contributed by atoms with Crippen LogP contribution in [0.4, 0.5) is 0 Å². The van der Waals surface area contributed by atoms with Gasteiger partial charge in [-0.2, -0.15) is 5.10 Å². The summed E-state index contributed by atoms with van der Waals surface area (Å²) in [7, 11) is 0. The molecule has 0 bridgehead atoms. The molecule has 1 aromatic carbocycles. The largest absolute Gasteiger partial charge is 0.493 e. The molecule has 8 heteroatoms. The second-order valence-corrected chi connectivity index (χ2v) is 7.06. The normalized spacial score (nSPS) is 13.2. The van der Waals surface area contributed by atoms with Crippen LogP contribution in [0, 0.1) is 0 Å². The molecular formula is C19H18BrN5O2. The van der Waals surface area contributed by atoms with Crippen molar-refractivity contribution < 1.29 is 9.53 Å². The third kappa shape index (κ3) is 3.57. The van der Waals surface area contributed by atoms with Crippen LogP contribution in [0.3, 0.4) is 0 Å². The van der Waals surface area contributed by atoms with E-state index >= 15 is 0 Å². The SMILES string of the molecule is CCCOc1ccc(Br)cc1-c1nccc(-c2cc3n(n2)CCNC3=O)n1. The van der Waals surface area contributed by atoms with Crippen LogP contribution in [0.2, 0.25) is 0 Å². The highest BCUT2D eigenvalue weighted by molar-refractivity contribution is 9.10. The molecule has 0 atom stereocenters. The minimum absolute atomic E-state index is 0.114. The first-order valence-corrected chi connectivity index (χ1v) is 9.57. The van der Waals surface area contributed by atoms with E-state index < -0.39 is 0 Å². The molecule has 0 saturated heterocycles. The molecule has 3 aromatic rings. The fourth-order valence-electron chi connectivity index (χ4n) is 2.91. The van der Waals surface area contributed by atoms with Crippen LogP contribution in [0.25, 0.3) is 22.8 Å². The van der Waals surface area contributed by atoms with Gasteiger partial charge in [-0.05, 0) is 36.8 Å². The molecule has 4 rings (SSSR count). The number of hydrogen-bond acceptors (Lipinski definition) is 5. The topological polar surface area (TPSA) is 81.9 Å². The molecule has 27 heavy (non-hydrogen) atoms. The van der Waals surface area contributed by atoms with Crippen LogP contribution in [0.15, 0.2) is 41.0 Å². The molecule has 0 radical (unpaired) electrons. The van der Waals surface area contributed by atoms with Gasteiger partial charge in [-0.15, -0.1) is 0 Å². The summed E-state index contributed by atoms with van der Waals surface area (Å²) < 4.78 is 8.48. The van der Waals surface area contributed by atoms with Gasteiger partial charge in [0, 0.05) is 17.2 Å². The van der Waals surface area contributed by atoms with Crippen molar-refractivity contribution in [2.45, 2.75) is 19.9 Å². The standard InChI is InChI=1S/C19H18BrN5O2/c1-2-9-27-17-4-3-12(20)10-13(17)18-21-6-5-14(23-18)15-11-16-19(26)22-7-8-25(16)24-15/h3-6,10-11H,2,7-9H2,1H3,(H,22,26). The minimum atomic E-state index is -0.114. The third-order valence-electron chi connectivity index (χ3n) is 4.18. The van der Waals surface area contributed by atoms with Crippen LogP contribution in [0.1, 0.15) is 23.8 Å². The Morgan fingerprint density at radius 2 is 2.15 bits per heavy atom. The van der Waals surface area contributed by atoms with Gasteiger partial charge in [-0.1, -0.05) is 22.9 Å². The Morgan fingerprint density at radius 3 is 2.96 bits per heavy atom. The third-order valence-corrected chi connectivity index (χ3v) is 4.68. The molecule has 0 saturated carbocycles. The fraction of sp³-hybridized carbons (Fsp3) is 0.263. The first kappa shape index (κ1) is 17.7. The van der Waals surface area contributed by atoms with Gasteiger partial charge in [0.05, 0.1) is 24.4 Å².